The second-order valence-electron chi connectivity index (χ2n) is 3.20. The second-order valence-corrected chi connectivity index (χ2v) is 3.56. The highest BCUT2D eigenvalue weighted by atomic mass is 35.5. The van der Waals surface area contributed by atoms with Gasteiger partial charge in [-0.15, -0.1) is 0 Å². The van der Waals surface area contributed by atoms with Crippen molar-refractivity contribution in [1.29, 1.82) is 0 Å². The van der Waals surface area contributed by atoms with Crippen LogP contribution < -0.4 is 4.74 Å². The average Bonchev–Trinajstić information content (AvgIpc) is 2.30. The maximum absolute atomic E-state index is 5.99. The summed E-state index contributed by atoms with van der Waals surface area (Å²) in [5, 5.41) is 0.314. The Labute approximate surface area is 98.3 Å². The van der Waals surface area contributed by atoms with Crippen molar-refractivity contribution in [3.63, 3.8) is 0 Å². The Hall–Kier alpha value is -1.68. The van der Waals surface area contributed by atoms with E-state index in [2.05, 4.69) is 15.0 Å². The molecule has 0 aliphatic carbocycles. The van der Waals surface area contributed by atoms with E-state index in [1.54, 1.807) is 19.5 Å². The van der Waals surface area contributed by atoms with Crippen LogP contribution in [0.25, 0.3) is 11.4 Å². The zero-order chi connectivity index (χ0) is 11.5. The smallest absolute Gasteiger partial charge is 0.177 e. The van der Waals surface area contributed by atoms with Gasteiger partial charge in [0.2, 0.25) is 0 Å². The highest BCUT2D eigenvalue weighted by molar-refractivity contribution is 6.31. The molecule has 82 valence electrons. The first-order chi connectivity index (χ1) is 7.72. The molecular weight excluding hydrogens is 226 g/mol. The molecular formula is C11H10ClN3O. The molecule has 0 unspecified atom stereocenters. The van der Waals surface area contributed by atoms with Gasteiger partial charge in [0.05, 0.1) is 12.8 Å². The van der Waals surface area contributed by atoms with Crippen molar-refractivity contribution in [2.45, 2.75) is 6.92 Å². The van der Waals surface area contributed by atoms with Gasteiger partial charge in [-0.25, -0.2) is 9.97 Å². The topological polar surface area (TPSA) is 47.9 Å². The Bertz CT molecular complexity index is 479. The fraction of sp³-hybridized carbons (Fsp3) is 0.182. The molecule has 0 aliphatic heterocycles. The minimum atomic E-state index is 0.314. The van der Waals surface area contributed by atoms with E-state index in [1.165, 1.54) is 0 Å². The van der Waals surface area contributed by atoms with Gasteiger partial charge in [-0.3, -0.25) is 4.98 Å². The zero-order valence-electron chi connectivity index (χ0n) is 8.94. The molecule has 0 aliphatic rings. The molecule has 0 radical (unpaired) electrons. The minimum absolute atomic E-state index is 0.314. The van der Waals surface area contributed by atoms with Gasteiger partial charge in [0.15, 0.2) is 16.7 Å². The van der Waals surface area contributed by atoms with Crippen molar-refractivity contribution in [3.05, 3.63) is 35.4 Å². The van der Waals surface area contributed by atoms with E-state index in [0.29, 0.717) is 22.4 Å². The molecule has 0 atom stereocenters. The highest BCUT2D eigenvalue weighted by Crippen LogP contribution is 2.27. The number of rotatable bonds is 2. The second kappa shape index (κ2) is 4.45. The summed E-state index contributed by atoms with van der Waals surface area (Å²) in [6.07, 6.45) is 3.39. The van der Waals surface area contributed by atoms with Gasteiger partial charge in [0.1, 0.15) is 0 Å². The lowest BCUT2D eigenvalue weighted by molar-refractivity contribution is 0.407. The average molecular weight is 236 g/mol. The lowest BCUT2D eigenvalue weighted by atomic mass is 10.2. The normalized spacial score (nSPS) is 10.2. The van der Waals surface area contributed by atoms with Gasteiger partial charge in [0.25, 0.3) is 0 Å². The molecule has 0 bridgehead atoms. The molecule has 0 N–H and O–H groups in total. The van der Waals surface area contributed by atoms with Gasteiger partial charge in [-0.2, -0.15) is 0 Å². The van der Waals surface area contributed by atoms with Crippen molar-refractivity contribution in [2.24, 2.45) is 0 Å². The van der Waals surface area contributed by atoms with Gasteiger partial charge in [-0.05, 0) is 19.1 Å². The summed E-state index contributed by atoms with van der Waals surface area (Å²) in [6.45, 7) is 1.83. The molecule has 2 aromatic rings. The Kier molecular flexibility index (Phi) is 3.01. The third-order valence-electron chi connectivity index (χ3n) is 2.12. The molecule has 5 heteroatoms. The van der Waals surface area contributed by atoms with Gasteiger partial charge >= 0.3 is 0 Å². The molecule has 0 spiro atoms. The largest absolute Gasteiger partial charge is 0.492 e. The first-order valence-electron chi connectivity index (χ1n) is 4.71. The van der Waals surface area contributed by atoms with E-state index in [4.69, 9.17) is 16.3 Å². The fourth-order valence-corrected chi connectivity index (χ4v) is 1.68. The van der Waals surface area contributed by atoms with Crippen LogP contribution in [0.2, 0.25) is 5.15 Å². The fourth-order valence-electron chi connectivity index (χ4n) is 1.38. The van der Waals surface area contributed by atoms with Crippen molar-refractivity contribution in [3.8, 4) is 17.1 Å². The number of halogens is 1. The summed E-state index contributed by atoms with van der Waals surface area (Å²) in [7, 11) is 1.54. The van der Waals surface area contributed by atoms with E-state index in [0.717, 1.165) is 5.56 Å². The maximum Gasteiger partial charge on any atom is 0.177 e. The van der Waals surface area contributed by atoms with E-state index in [1.807, 2.05) is 19.1 Å². The summed E-state index contributed by atoms with van der Waals surface area (Å²) in [5.41, 5.74) is 1.54. The molecule has 16 heavy (non-hydrogen) atoms. The van der Waals surface area contributed by atoms with Crippen LogP contribution in [0, 0.1) is 6.92 Å². The third kappa shape index (κ3) is 1.97. The van der Waals surface area contributed by atoms with Crippen LogP contribution in [0.3, 0.4) is 0 Å². The minimum Gasteiger partial charge on any atom is -0.492 e. The number of ether oxygens (including phenoxy) is 1. The highest BCUT2D eigenvalue weighted by Gasteiger charge is 2.11. The molecule has 0 saturated heterocycles. The molecule has 4 nitrogen and oxygen atoms in total. The number of hydrogen-bond acceptors (Lipinski definition) is 4. The monoisotopic (exact) mass is 235 g/mol. The zero-order valence-corrected chi connectivity index (χ0v) is 9.69. The quantitative estimate of drug-likeness (QED) is 0.751. The SMILES string of the molecule is COc1c(C)nc(-c2cccnc2)nc1Cl. The predicted molar refractivity (Wildman–Crippen MR) is 61.6 cm³/mol. The summed E-state index contributed by atoms with van der Waals surface area (Å²) in [4.78, 5) is 12.5. The van der Waals surface area contributed by atoms with E-state index in [-0.39, 0.29) is 0 Å². The molecule has 0 saturated carbocycles. The molecule has 2 rings (SSSR count). The summed E-state index contributed by atoms with van der Waals surface area (Å²) >= 11 is 5.99. The molecule has 0 fully saturated rings. The summed E-state index contributed by atoms with van der Waals surface area (Å²) in [5.74, 6) is 1.06. The molecule has 0 aromatic carbocycles. The Balaban J connectivity index is 2.53. The molecule has 2 heterocycles. The van der Waals surface area contributed by atoms with Crippen LogP contribution in [0.5, 0.6) is 5.75 Å². The van der Waals surface area contributed by atoms with E-state index >= 15 is 0 Å². The molecule has 2 aromatic heterocycles. The van der Waals surface area contributed by atoms with Crippen LogP contribution >= 0.6 is 11.6 Å². The van der Waals surface area contributed by atoms with Crippen molar-refractivity contribution < 1.29 is 4.74 Å². The van der Waals surface area contributed by atoms with Crippen LogP contribution in [-0.2, 0) is 0 Å². The number of pyridine rings is 1. The van der Waals surface area contributed by atoms with Crippen LogP contribution in [0.4, 0.5) is 0 Å². The first-order valence-corrected chi connectivity index (χ1v) is 5.08. The van der Waals surface area contributed by atoms with Crippen LogP contribution in [0.15, 0.2) is 24.5 Å². The third-order valence-corrected chi connectivity index (χ3v) is 2.37. The summed E-state index contributed by atoms with van der Waals surface area (Å²) in [6, 6.07) is 3.71. The summed E-state index contributed by atoms with van der Waals surface area (Å²) < 4.78 is 5.09. The van der Waals surface area contributed by atoms with Crippen molar-refractivity contribution in [2.75, 3.05) is 7.11 Å². The van der Waals surface area contributed by atoms with Crippen LogP contribution in [0.1, 0.15) is 5.69 Å². The number of nitrogens with zero attached hydrogens (tertiary/aromatic N) is 3. The van der Waals surface area contributed by atoms with E-state index in [9.17, 15) is 0 Å². The van der Waals surface area contributed by atoms with Gasteiger partial charge in [0, 0.05) is 18.0 Å². The maximum atomic E-state index is 5.99. The molecule has 0 amide bonds. The lowest BCUT2D eigenvalue weighted by Crippen LogP contribution is -1.98. The Morgan fingerprint density at radius 3 is 2.69 bits per heavy atom. The Morgan fingerprint density at radius 1 is 1.31 bits per heavy atom. The number of aromatic nitrogens is 3. The number of hydrogen-bond donors (Lipinski definition) is 0. The van der Waals surface area contributed by atoms with Crippen molar-refractivity contribution >= 4 is 11.6 Å². The van der Waals surface area contributed by atoms with Crippen molar-refractivity contribution in [1.82, 2.24) is 15.0 Å². The first kappa shape index (κ1) is 10.8. The standard InChI is InChI=1S/C11H10ClN3O/c1-7-9(16-2)10(12)15-11(14-7)8-4-3-5-13-6-8/h3-6H,1-2H3. The van der Waals surface area contributed by atoms with E-state index < -0.39 is 0 Å². The van der Waals surface area contributed by atoms with Gasteiger partial charge in [-0.1, -0.05) is 11.6 Å². The lowest BCUT2D eigenvalue weighted by Gasteiger charge is -2.07. The van der Waals surface area contributed by atoms with Gasteiger partial charge < -0.3 is 4.74 Å². The predicted octanol–water partition coefficient (Wildman–Crippen LogP) is 2.51. The van der Waals surface area contributed by atoms with Crippen LogP contribution in [-0.4, -0.2) is 22.1 Å². The number of aryl methyl sites for hydroxylation is 1. The Morgan fingerprint density at radius 2 is 2.12 bits per heavy atom. The number of methoxy groups -OCH3 is 1.